The molecular weight excluding hydrogens is 324 g/mol. The van der Waals surface area contributed by atoms with Gasteiger partial charge in [-0.15, -0.1) is 0 Å². The van der Waals surface area contributed by atoms with Crippen molar-refractivity contribution in [2.75, 3.05) is 13.2 Å². The summed E-state index contributed by atoms with van der Waals surface area (Å²) >= 11 is 0. The van der Waals surface area contributed by atoms with Crippen molar-refractivity contribution in [2.24, 2.45) is 0 Å². The first-order valence-corrected chi connectivity index (χ1v) is 8.73. The van der Waals surface area contributed by atoms with Crippen LogP contribution >= 0.6 is 0 Å². The highest BCUT2D eigenvalue weighted by molar-refractivity contribution is 5.77. The van der Waals surface area contributed by atoms with Gasteiger partial charge in [0, 0.05) is 24.7 Å². The Balaban J connectivity index is 1.54. The van der Waals surface area contributed by atoms with Crippen molar-refractivity contribution in [2.45, 2.75) is 12.3 Å². The summed E-state index contributed by atoms with van der Waals surface area (Å²) in [5, 5.41) is 2.93. The highest BCUT2D eigenvalue weighted by Gasteiger charge is 2.14. The molecule has 0 aliphatic carbocycles. The number of pyridine rings is 1. The Labute approximate surface area is 153 Å². The van der Waals surface area contributed by atoms with Crippen LogP contribution in [0.2, 0.25) is 0 Å². The van der Waals surface area contributed by atoms with E-state index in [1.54, 1.807) is 18.3 Å². The van der Waals surface area contributed by atoms with Gasteiger partial charge in [0.2, 0.25) is 5.88 Å². The van der Waals surface area contributed by atoms with Crippen molar-refractivity contribution in [3.63, 3.8) is 0 Å². The lowest BCUT2D eigenvalue weighted by Gasteiger charge is -2.18. The lowest BCUT2D eigenvalue weighted by atomic mass is 9.88. The van der Waals surface area contributed by atoms with E-state index in [0.29, 0.717) is 12.4 Å². The summed E-state index contributed by atoms with van der Waals surface area (Å²) in [4.78, 5) is 16.0. The highest BCUT2D eigenvalue weighted by Crippen LogP contribution is 2.27. The van der Waals surface area contributed by atoms with Crippen LogP contribution in [0.3, 0.4) is 0 Å². The monoisotopic (exact) mass is 346 g/mol. The van der Waals surface area contributed by atoms with Gasteiger partial charge < -0.3 is 10.1 Å². The number of hydrogen-bond acceptors (Lipinski definition) is 3. The molecule has 3 aromatic rings. The average molecular weight is 346 g/mol. The molecule has 0 radical (unpaired) electrons. The van der Waals surface area contributed by atoms with Gasteiger partial charge in [0.1, 0.15) is 0 Å². The van der Waals surface area contributed by atoms with E-state index in [-0.39, 0.29) is 18.4 Å². The zero-order chi connectivity index (χ0) is 18.0. The van der Waals surface area contributed by atoms with Crippen LogP contribution in [0.4, 0.5) is 0 Å². The van der Waals surface area contributed by atoms with Gasteiger partial charge in [-0.1, -0.05) is 66.7 Å². The fraction of sp³-hybridized carbons (Fsp3) is 0.182. The molecular formula is C22H22N2O2. The van der Waals surface area contributed by atoms with Gasteiger partial charge in [0.05, 0.1) is 0 Å². The summed E-state index contributed by atoms with van der Waals surface area (Å²) in [5.41, 5.74) is 2.50. The molecule has 1 heterocycles. The first-order valence-electron chi connectivity index (χ1n) is 8.73. The van der Waals surface area contributed by atoms with Gasteiger partial charge in [0.25, 0.3) is 5.91 Å². The third-order valence-corrected chi connectivity index (χ3v) is 4.15. The van der Waals surface area contributed by atoms with E-state index in [9.17, 15) is 4.79 Å². The molecule has 0 fully saturated rings. The Morgan fingerprint density at radius 1 is 0.885 bits per heavy atom. The van der Waals surface area contributed by atoms with E-state index in [1.807, 2.05) is 42.5 Å². The van der Waals surface area contributed by atoms with Crippen molar-refractivity contribution in [1.82, 2.24) is 10.3 Å². The zero-order valence-corrected chi connectivity index (χ0v) is 14.5. The van der Waals surface area contributed by atoms with Crippen molar-refractivity contribution in [1.29, 1.82) is 0 Å². The van der Waals surface area contributed by atoms with E-state index in [1.165, 1.54) is 11.1 Å². The normalized spacial score (nSPS) is 10.5. The van der Waals surface area contributed by atoms with Crippen molar-refractivity contribution in [3.05, 3.63) is 96.2 Å². The number of nitrogens with zero attached hydrogens (tertiary/aromatic N) is 1. The van der Waals surface area contributed by atoms with Crippen molar-refractivity contribution < 1.29 is 9.53 Å². The lowest BCUT2D eigenvalue weighted by molar-refractivity contribution is -0.123. The number of benzene rings is 2. The maximum absolute atomic E-state index is 12.0. The molecule has 0 aliphatic heterocycles. The van der Waals surface area contributed by atoms with Gasteiger partial charge in [-0.05, 0) is 23.6 Å². The van der Waals surface area contributed by atoms with E-state index in [2.05, 4.69) is 34.6 Å². The highest BCUT2D eigenvalue weighted by atomic mass is 16.5. The SMILES string of the molecule is O=C(COc1ccccn1)NCCC(c1ccccc1)c1ccccc1. The Hall–Kier alpha value is -3.14. The quantitative estimate of drug-likeness (QED) is 0.675. The number of carbonyl (C=O) groups excluding carboxylic acids is 1. The summed E-state index contributed by atoms with van der Waals surface area (Å²) in [6.45, 7) is 0.553. The Bertz CT molecular complexity index is 753. The van der Waals surface area contributed by atoms with E-state index in [0.717, 1.165) is 6.42 Å². The summed E-state index contributed by atoms with van der Waals surface area (Å²) in [6, 6.07) is 26.1. The molecule has 1 N–H and O–H groups in total. The molecule has 1 amide bonds. The molecule has 0 spiro atoms. The van der Waals surface area contributed by atoms with Gasteiger partial charge in [-0.2, -0.15) is 0 Å². The van der Waals surface area contributed by atoms with Crippen molar-refractivity contribution >= 4 is 5.91 Å². The number of rotatable bonds is 8. The number of amides is 1. The molecule has 4 nitrogen and oxygen atoms in total. The van der Waals surface area contributed by atoms with Crippen LogP contribution in [0, 0.1) is 0 Å². The molecule has 1 aromatic heterocycles. The van der Waals surface area contributed by atoms with E-state index >= 15 is 0 Å². The summed E-state index contributed by atoms with van der Waals surface area (Å²) in [5.74, 6) is 0.555. The minimum atomic E-state index is -0.143. The van der Waals surface area contributed by atoms with Gasteiger partial charge in [-0.25, -0.2) is 4.98 Å². The van der Waals surface area contributed by atoms with E-state index < -0.39 is 0 Å². The Morgan fingerprint density at radius 3 is 2.08 bits per heavy atom. The predicted molar refractivity (Wildman–Crippen MR) is 102 cm³/mol. The molecule has 0 aliphatic rings. The topological polar surface area (TPSA) is 51.2 Å². The molecule has 0 bridgehead atoms. The summed E-state index contributed by atoms with van der Waals surface area (Å²) in [6.07, 6.45) is 2.46. The predicted octanol–water partition coefficient (Wildman–Crippen LogP) is 3.80. The average Bonchev–Trinajstić information content (AvgIpc) is 2.72. The molecule has 0 saturated carbocycles. The molecule has 0 unspecified atom stereocenters. The number of carbonyl (C=O) groups is 1. The van der Waals surface area contributed by atoms with Crippen LogP contribution in [0.1, 0.15) is 23.5 Å². The zero-order valence-electron chi connectivity index (χ0n) is 14.5. The Morgan fingerprint density at radius 2 is 1.50 bits per heavy atom. The van der Waals surface area contributed by atoms with Gasteiger partial charge in [0.15, 0.2) is 6.61 Å². The number of nitrogens with one attached hydrogen (secondary N) is 1. The van der Waals surface area contributed by atoms with Crippen LogP contribution in [-0.2, 0) is 4.79 Å². The fourth-order valence-corrected chi connectivity index (χ4v) is 2.88. The minimum Gasteiger partial charge on any atom is -0.468 e. The van der Waals surface area contributed by atoms with Gasteiger partial charge >= 0.3 is 0 Å². The third kappa shape index (κ3) is 5.18. The third-order valence-electron chi connectivity index (χ3n) is 4.15. The molecule has 3 rings (SSSR count). The number of ether oxygens (including phenoxy) is 1. The summed E-state index contributed by atoms with van der Waals surface area (Å²) < 4.78 is 5.37. The fourth-order valence-electron chi connectivity index (χ4n) is 2.88. The molecule has 2 aromatic carbocycles. The van der Waals surface area contributed by atoms with Crippen LogP contribution in [0.15, 0.2) is 85.1 Å². The molecule has 26 heavy (non-hydrogen) atoms. The number of aromatic nitrogens is 1. The molecule has 4 heteroatoms. The summed E-state index contributed by atoms with van der Waals surface area (Å²) in [7, 11) is 0. The second-order valence-electron chi connectivity index (χ2n) is 5.97. The first kappa shape index (κ1) is 17.7. The van der Waals surface area contributed by atoms with Crippen LogP contribution < -0.4 is 10.1 Å². The maximum Gasteiger partial charge on any atom is 0.258 e. The Kier molecular flexibility index (Phi) is 6.37. The second-order valence-corrected chi connectivity index (χ2v) is 5.97. The van der Waals surface area contributed by atoms with Crippen LogP contribution in [-0.4, -0.2) is 24.0 Å². The largest absolute Gasteiger partial charge is 0.468 e. The smallest absolute Gasteiger partial charge is 0.258 e. The van der Waals surface area contributed by atoms with Crippen LogP contribution in [0.5, 0.6) is 5.88 Å². The molecule has 132 valence electrons. The molecule has 0 saturated heterocycles. The maximum atomic E-state index is 12.0. The number of hydrogen-bond donors (Lipinski definition) is 1. The molecule has 0 atom stereocenters. The van der Waals surface area contributed by atoms with Crippen LogP contribution in [0.25, 0.3) is 0 Å². The first-order chi connectivity index (χ1) is 12.8. The minimum absolute atomic E-state index is 0.0294. The standard InChI is InChI=1S/C22H22N2O2/c25-21(17-26-22-13-7-8-15-24-22)23-16-14-20(18-9-3-1-4-10-18)19-11-5-2-6-12-19/h1-13,15,20H,14,16-17H2,(H,23,25). The lowest BCUT2D eigenvalue weighted by Crippen LogP contribution is -2.30. The van der Waals surface area contributed by atoms with E-state index in [4.69, 9.17) is 4.74 Å². The van der Waals surface area contributed by atoms with Crippen molar-refractivity contribution in [3.8, 4) is 5.88 Å². The van der Waals surface area contributed by atoms with Gasteiger partial charge in [-0.3, -0.25) is 4.79 Å². The second kappa shape index (κ2) is 9.37.